The molecule has 1 nitrogen and oxygen atoms in total. The summed E-state index contributed by atoms with van der Waals surface area (Å²) in [6.45, 7) is 0. The number of rotatable bonds is 3. The van der Waals surface area contributed by atoms with Gasteiger partial charge in [0.1, 0.15) is 0 Å². The van der Waals surface area contributed by atoms with E-state index in [1.807, 2.05) is 30.3 Å². The minimum Gasteiger partial charge on any atom is -0.289 e. The van der Waals surface area contributed by atoms with Crippen LogP contribution in [0, 0.1) is 5.92 Å². The fourth-order valence-electron chi connectivity index (χ4n) is 1.26. The second-order valence-corrected chi connectivity index (χ2v) is 4.39. The molecule has 1 saturated carbocycles. The van der Waals surface area contributed by atoms with Gasteiger partial charge in [-0.05, 0) is 37.0 Å². The van der Waals surface area contributed by atoms with Crippen LogP contribution >= 0.6 is 15.9 Å². The predicted molar refractivity (Wildman–Crippen MR) is 60.3 cm³/mol. The smallest absolute Gasteiger partial charge is 0.186 e. The third kappa shape index (κ3) is 2.32. The Morgan fingerprint density at radius 1 is 1.36 bits per heavy atom. The van der Waals surface area contributed by atoms with Gasteiger partial charge in [-0.1, -0.05) is 34.1 Å². The van der Waals surface area contributed by atoms with E-state index in [2.05, 4.69) is 15.9 Å². The van der Waals surface area contributed by atoms with Crippen molar-refractivity contribution in [1.82, 2.24) is 0 Å². The molecule has 1 fully saturated rings. The Kier molecular flexibility index (Phi) is 2.82. The van der Waals surface area contributed by atoms with Crippen LogP contribution < -0.4 is 0 Å². The van der Waals surface area contributed by atoms with E-state index in [1.165, 1.54) is 12.8 Å². The number of allylic oxidation sites excluding steroid dienone is 2. The van der Waals surface area contributed by atoms with Crippen LogP contribution in [0.4, 0.5) is 0 Å². The zero-order valence-corrected chi connectivity index (χ0v) is 9.33. The first-order valence-corrected chi connectivity index (χ1v) is 5.54. The van der Waals surface area contributed by atoms with Crippen molar-refractivity contribution in [2.45, 2.75) is 12.8 Å². The van der Waals surface area contributed by atoms with E-state index in [0.717, 1.165) is 10.0 Å². The van der Waals surface area contributed by atoms with Gasteiger partial charge in [-0.25, -0.2) is 0 Å². The van der Waals surface area contributed by atoms with Gasteiger partial charge in [0.15, 0.2) is 5.78 Å². The minimum absolute atomic E-state index is 0.0874. The highest BCUT2D eigenvalue weighted by Crippen LogP contribution is 2.30. The van der Waals surface area contributed by atoms with Gasteiger partial charge >= 0.3 is 0 Å². The van der Waals surface area contributed by atoms with Crippen LogP contribution in [0.1, 0.15) is 23.2 Å². The SMILES string of the molecule is O=C(/C=C/C1CC1)c1ccccc1Br. The first kappa shape index (κ1) is 9.66. The summed E-state index contributed by atoms with van der Waals surface area (Å²) in [6, 6.07) is 7.51. The Bertz CT molecular complexity index is 378. The summed E-state index contributed by atoms with van der Waals surface area (Å²) in [5.41, 5.74) is 0.740. The van der Waals surface area contributed by atoms with Crippen molar-refractivity contribution in [2.24, 2.45) is 5.92 Å². The minimum atomic E-state index is 0.0874. The molecule has 1 aliphatic rings. The molecule has 2 heteroatoms. The van der Waals surface area contributed by atoms with E-state index in [1.54, 1.807) is 6.08 Å². The van der Waals surface area contributed by atoms with Crippen molar-refractivity contribution < 1.29 is 4.79 Å². The maximum Gasteiger partial charge on any atom is 0.186 e. The van der Waals surface area contributed by atoms with E-state index in [4.69, 9.17) is 0 Å². The Balaban J connectivity index is 2.13. The average Bonchev–Trinajstić information content (AvgIpc) is 2.98. The third-order valence-electron chi connectivity index (χ3n) is 2.28. The Labute approximate surface area is 92.0 Å². The molecule has 0 N–H and O–H groups in total. The van der Waals surface area contributed by atoms with Crippen LogP contribution in [-0.4, -0.2) is 5.78 Å². The van der Waals surface area contributed by atoms with Crippen LogP contribution in [0.15, 0.2) is 40.9 Å². The highest BCUT2D eigenvalue weighted by molar-refractivity contribution is 9.10. The van der Waals surface area contributed by atoms with Gasteiger partial charge in [-0.3, -0.25) is 4.79 Å². The second-order valence-electron chi connectivity index (χ2n) is 3.54. The molecule has 0 aromatic heterocycles. The summed E-state index contributed by atoms with van der Waals surface area (Å²) in [5.74, 6) is 0.741. The first-order chi connectivity index (χ1) is 6.77. The molecule has 1 aromatic rings. The Morgan fingerprint density at radius 3 is 2.71 bits per heavy atom. The lowest BCUT2D eigenvalue weighted by atomic mass is 10.1. The summed E-state index contributed by atoms with van der Waals surface area (Å²) < 4.78 is 0.866. The highest BCUT2D eigenvalue weighted by atomic mass is 79.9. The molecule has 0 atom stereocenters. The summed E-state index contributed by atoms with van der Waals surface area (Å²) >= 11 is 3.36. The molecule has 0 saturated heterocycles. The van der Waals surface area contributed by atoms with Crippen molar-refractivity contribution >= 4 is 21.7 Å². The lowest BCUT2D eigenvalue weighted by Gasteiger charge is -1.98. The summed E-state index contributed by atoms with van der Waals surface area (Å²) in [6.07, 6.45) is 6.18. The number of benzene rings is 1. The summed E-state index contributed by atoms with van der Waals surface area (Å²) in [7, 11) is 0. The molecule has 72 valence electrons. The van der Waals surface area contributed by atoms with Crippen LogP contribution in [0.3, 0.4) is 0 Å². The third-order valence-corrected chi connectivity index (χ3v) is 2.97. The highest BCUT2D eigenvalue weighted by Gasteiger charge is 2.18. The zero-order valence-electron chi connectivity index (χ0n) is 7.74. The Hall–Kier alpha value is -0.890. The quantitative estimate of drug-likeness (QED) is 0.592. The standard InChI is InChI=1S/C12H11BrO/c13-11-4-2-1-3-10(11)12(14)8-7-9-5-6-9/h1-4,7-9H,5-6H2/b8-7+. The molecular weight excluding hydrogens is 240 g/mol. The molecule has 1 aliphatic carbocycles. The molecule has 0 aliphatic heterocycles. The maximum absolute atomic E-state index is 11.7. The first-order valence-electron chi connectivity index (χ1n) is 4.74. The lowest BCUT2D eigenvalue weighted by molar-refractivity contribution is 0.104. The monoisotopic (exact) mass is 250 g/mol. The van der Waals surface area contributed by atoms with E-state index < -0.39 is 0 Å². The number of ketones is 1. The normalized spacial score (nSPS) is 16.1. The molecule has 0 unspecified atom stereocenters. The fourth-order valence-corrected chi connectivity index (χ4v) is 1.74. The molecule has 0 bridgehead atoms. The predicted octanol–water partition coefficient (Wildman–Crippen LogP) is 3.60. The van der Waals surface area contributed by atoms with Gasteiger partial charge in [0, 0.05) is 10.0 Å². The van der Waals surface area contributed by atoms with Crippen LogP contribution in [0.2, 0.25) is 0 Å². The molecule has 0 amide bonds. The van der Waals surface area contributed by atoms with Crippen LogP contribution in [-0.2, 0) is 0 Å². The number of carbonyl (C=O) groups is 1. The number of hydrogen-bond donors (Lipinski definition) is 0. The number of halogens is 1. The van der Waals surface area contributed by atoms with E-state index in [0.29, 0.717) is 5.92 Å². The molecule has 0 spiro atoms. The molecule has 1 aromatic carbocycles. The van der Waals surface area contributed by atoms with Crippen molar-refractivity contribution in [2.75, 3.05) is 0 Å². The topological polar surface area (TPSA) is 17.1 Å². The van der Waals surface area contributed by atoms with Gasteiger partial charge in [0.05, 0.1) is 0 Å². The van der Waals surface area contributed by atoms with E-state index in [-0.39, 0.29) is 5.78 Å². The second kappa shape index (κ2) is 4.09. The fraction of sp³-hybridized carbons (Fsp3) is 0.250. The van der Waals surface area contributed by atoms with Crippen molar-refractivity contribution in [3.05, 3.63) is 46.5 Å². The van der Waals surface area contributed by atoms with Gasteiger partial charge < -0.3 is 0 Å². The number of hydrogen-bond acceptors (Lipinski definition) is 1. The molecule has 0 heterocycles. The molecule has 0 radical (unpaired) electrons. The Morgan fingerprint density at radius 2 is 2.07 bits per heavy atom. The van der Waals surface area contributed by atoms with Crippen LogP contribution in [0.25, 0.3) is 0 Å². The van der Waals surface area contributed by atoms with E-state index in [9.17, 15) is 4.79 Å². The molecule has 2 rings (SSSR count). The summed E-state index contributed by atoms with van der Waals surface area (Å²) in [4.78, 5) is 11.7. The summed E-state index contributed by atoms with van der Waals surface area (Å²) in [5, 5.41) is 0. The van der Waals surface area contributed by atoms with Crippen LogP contribution in [0.5, 0.6) is 0 Å². The molecular formula is C12H11BrO. The van der Waals surface area contributed by atoms with E-state index >= 15 is 0 Å². The van der Waals surface area contributed by atoms with Gasteiger partial charge in [0.25, 0.3) is 0 Å². The number of carbonyl (C=O) groups excluding carboxylic acids is 1. The lowest BCUT2D eigenvalue weighted by Crippen LogP contribution is -1.95. The van der Waals surface area contributed by atoms with Gasteiger partial charge in [-0.2, -0.15) is 0 Å². The zero-order chi connectivity index (χ0) is 9.97. The van der Waals surface area contributed by atoms with Crippen molar-refractivity contribution in [3.8, 4) is 0 Å². The molecule has 14 heavy (non-hydrogen) atoms. The maximum atomic E-state index is 11.7. The van der Waals surface area contributed by atoms with Gasteiger partial charge in [-0.15, -0.1) is 0 Å². The van der Waals surface area contributed by atoms with Crippen molar-refractivity contribution in [3.63, 3.8) is 0 Å². The largest absolute Gasteiger partial charge is 0.289 e. The van der Waals surface area contributed by atoms with Gasteiger partial charge in [0.2, 0.25) is 0 Å². The van der Waals surface area contributed by atoms with Crippen molar-refractivity contribution in [1.29, 1.82) is 0 Å². The average molecular weight is 251 g/mol.